The summed E-state index contributed by atoms with van der Waals surface area (Å²) in [6.45, 7) is 0.368. The summed E-state index contributed by atoms with van der Waals surface area (Å²) in [7, 11) is 0. The smallest absolute Gasteiger partial charge is 0.203 e. The van der Waals surface area contributed by atoms with Gasteiger partial charge in [-0.2, -0.15) is 0 Å². The fourth-order valence-electron chi connectivity index (χ4n) is 0.630. The van der Waals surface area contributed by atoms with Gasteiger partial charge in [0.1, 0.15) is 0 Å². The van der Waals surface area contributed by atoms with E-state index in [0.717, 1.165) is 0 Å². The van der Waals surface area contributed by atoms with Crippen molar-refractivity contribution in [1.29, 1.82) is 0 Å². The van der Waals surface area contributed by atoms with Crippen LogP contribution in [0.2, 0.25) is 0 Å². The maximum atomic E-state index is 9.06. The lowest BCUT2D eigenvalue weighted by Gasteiger charge is -1.98. The summed E-state index contributed by atoms with van der Waals surface area (Å²) in [6.07, 6.45) is 0. The molecule has 0 unspecified atom stereocenters. The predicted molar refractivity (Wildman–Crippen MR) is 41.9 cm³/mol. The highest BCUT2D eigenvalue weighted by Gasteiger charge is 1.99. The van der Waals surface area contributed by atoms with Crippen molar-refractivity contribution >= 4 is 23.6 Å². The largest absolute Gasteiger partial charge is 0.494 e. The van der Waals surface area contributed by atoms with Gasteiger partial charge in [0.2, 0.25) is 5.88 Å². The van der Waals surface area contributed by atoms with Crippen LogP contribution in [0.5, 0.6) is 5.88 Å². The van der Waals surface area contributed by atoms with E-state index >= 15 is 0 Å². The van der Waals surface area contributed by atoms with Gasteiger partial charge in [0, 0.05) is 0 Å². The Morgan fingerprint density at radius 3 is 2.80 bits per heavy atom. The highest BCUT2D eigenvalue weighted by molar-refractivity contribution is 7.73. The van der Waals surface area contributed by atoms with Crippen molar-refractivity contribution in [2.75, 3.05) is 6.61 Å². The van der Waals surface area contributed by atoms with Gasteiger partial charge in [0.25, 0.3) is 0 Å². The molecule has 3 nitrogen and oxygen atoms in total. The Bertz CT molecular complexity index is 265. The number of thiazole rings is 1. The third kappa shape index (κ3) is 1.36. The van der Waals surface area contributed by atoms with Gasteiger partial charge in [-0.25, -0.2) is 0 Å². The Kier molecular flexibility index (Phi) is 2.42. The topological polar surface area (TPSA) is 45.4 Å². The standard InChI is InChI=1S/C5H7NO2S2/c7-2-1-6-4(8)3-10-5(6)9/h3,7-8H,1-2H2. The lowest BCUT2D eigenvalue weighted by molar-refractivity contribution is 0.266. The van der Waals surface area contributed by atoms with Crippen LogP contribution in [0, 0.1) is 3.95 Å². The molecular formula is C5H7NO2S2. The number of aliphatic hydroxyl groups is 1. The lowest BCUT2D eigenvalue weighted by atomic mass is 10.6. The van der Waals surface area contributed by atoms with E-state index in [4.69, 9.17) is 22.4 Å². The zero-order valence-electron chi connectivity index (χ0n) is 5.15. The van der Waals surface area contributed by atoms with Crippen LogP contribution in [0.25, 0.3) is 0 Å². The van der Waals surface area contributed by atoms with Crippen molar-refractivity contribution in [2.45, 2.75) is 6.54 Å². The maximum Gasteiger partial charge on any atom is 0.203 e. The molecule has 0 saturated heterocycles. The lowest BCUT2D eigenvalue weighted by Crippen LogP contribution is -2.00. The summed E-state index contributed by atoms with van der Waals surface area (Å²) in [5.74, 6) is 0.129. The summed E-state index contributed by atoms with van der Waals surface area (Å²) in [5, 5.41) is 19.1. The molecule has 0 radical (unpaired) electrons. The van der Waals surface area contributed by atoms with Crippen LogP contribution in [0.4, 0.5) is 0 Å². The fraction of sp³-hybridized carbons (Fsp3) is 0.400. The van der Waals surface area contributed by atoms with E-state index in [1.165, 1.54) is 15.9 Å². The number of aromatic hydroxyl groups is 1. The average molecular weight is 177 g/mol. The molecule has 0 aliphatic carbocycles. The first kappa shape index (κ1) is 7.71. The minimum Gasteiger partial charge on any atom is -0.494 e. The first-order valence-corrected chi connectivity index (χ1v) is 4.02. The second kappa shape index (κ2) is 3.14. The van der Waals surface area contributed by atoms with Crippen LogP contribution in [0.3, 0.4) is 0 Å². The van der Waals surface area contributed by atoms with E-state index in [2.05, 4.69) is 0 Å². The maximum absolute atomic E-state index is 9.06. The number of hydrogen-bond donors (Lipinski definition) is 2. The van der Waals surface area contributed by atoms with Gasteiger partial charge in [-0.3, -0.25) is 4.57 Å². The van der Waals surface area contributed by atoms with E-state index < -0.39 is 0 Å². The van der Waals surface area contributed by atoms with Gasteiger partial charge in [-0.1, -0.05) is 0 Å². The molecule has 0 fully saturated rings. The number of aromatic nitrogens is 1. The Hall–Kier alpha value is -0.390. The van der Waals surface area contributed by atoms with Crippen LogP contribution in [-0.2, 0) is 6.54 Å². The molecule has 1 heterocycles. The van der Waals surface area contributed by atoms with E-state index in [1.807, 2.05) is 0 Å². The highest BCUT2D eigenvalue weighted by atomic mass is 32.1. The quantitative estimate of drug-likeness (QED) is 0.662. The van der Waals surface area contributed by atoms with Crippen LogP contribution < -0.4 is 0 Å². The van der Waals surface area contributed by atoms with Gasteiger partial charge < -0.3 is 10.2 Å². The van der Waals surface area contributed by atoms with Crippen LogP contribution in [0.15, 0.2) is 5.38 Å². The molecular weight excluding hydrogens is 170 g/mol. The van der Waals surface area contributed by atoms with Crippen molar-refractivity contribution in [3.05, 3.63) is 9.33 Å². The normalized spacial score (nSPS) is 10.1. The van der Waals surface area contributed by atoms with E-state index in [0.29, 0.717) is 10.5 Å². The Labute approximate surface area is 67.2 Å². The molecule has 0 saturated carbocycles. The zero-order valence-corrected chi connectivity index (χ0v) is 6.78. The minimum absolute atomic E-state index is 0.00139. The van der Waals surface area contributed by atoms with Crippen molar-refractivity contribution in [1.82, 2.24) is 4.57 Å². The SMILES string of the molecule is OCCn1c(O)csc1=S. The predicted octanol–water partition coefficient (Wildman–Crippen LogP) is 0.977. The fourth-order valence-corrected chi connectivity index (χ4v) is 1.60. The van der Waals surface area contributed by atoms with Crippen molar-refractivity contribution in [2.24, 2.45) is 0 Å². The van der Waals surface area contributed by atoms with E-state index in [9.17, 15) is 0 Å². The molecule has 1 aromatic heterocycles. The number of hydrogen-bond acceptors (Lipinski definition) is 4. The van der Waals surface area contributed by atoms with Gasteiger partial charge >= 0.3 is 0 Å². The van der Waals surface area contributed by atoms with Gasteiger partial charge in [0.05, 0.1) is 18.5 Å². The summed E-state index contributed by atoms with van der Waals surface area (Å²) in [4.78, 5) is 0. The van der Waals surface area contributed by atoms with Gasteiger partial charge in [-0.15, -0.1) is 11.3 Å². The Morgan fingerprint density at radius 2 is 2.40 bits per heavy atom. The molecule has 0 bridgehead atoms. The Balaban J connectivity index is 2.99. The highest BCUT2D eigenvalue weighted by Crippen LogP contribution is 2.16. The monoisotopic (exact) mass is 177 g/mol. The van der Waals surface area contributed by atoms with Crippen LogP contribution in [0.1, 0.15) is 0 Å². The second-order valence-corrected chi connectivity index (χ2v) is 3.24. The molecule has 5 heteroatoms. The van der Waals surface area contributed by atoms with Crippen molar-refractivity contribution in [3.8, 4) is 5.88 Å². The molecule has 0 aliphatic heterocycles. The second-order valence-electron chi connectivity index (χ2n) is 1.74. The number of nitrogens with zero attached hydrogens (tertiary/aromatic N) is 1. The molecule has 2 N–H and O–H groups in total. The molecule has 0 aromatic carbocycles. The summed E-state index contributed by atoms with van der Waals surface area (Å²) in [6, 6.07) is 0. The summed E-state index contributed by atoms with van der Waals surface area (Å²) < 4.78 is 2.08. The average Bonchev–Trinajstić information content (AvgIpc) is 2.20. The van der Waals surface area contributed by atoms with Gasteiger partial charge in [0.15, 0.2) is 3.95 Å². The number of rotatable bonds is 2. The van der Waals surface area contributed by atoms with E-state index in [1.54, 1.807) is 5.38 Å². The van der Waals surface area contributed by atoms with Crippen molar-refractivity contribution < 1.29 is 10.2 Å². The third-order valence-corrected chi connectivity index (χ3v) is 2.35. The third-order valence-electron chi connectivity index (χ3n) is 1.09. The van der Waals surface area contributed by atoms with Crippen LogP contribution >= 0.6 is 23.6 Å². The Morgan fingerprint density at radius 1 is 1.70 bits per heavy atom. The van der Waals surface area contributed by atoms with Gasteiger partial charge in [-0.05, 0) is 12.2 Å². The van der Waals surface area contributed by atoms with Crippen LogP contribution in [-0.4, -0.2) is 21.4 Å². The molecule has 10 heavy (non-hydrogen) atoms. The summed E-state index contributed by atoms with van der Waals surface area (Å²) >= 11 is 6.14. The molecule has 56 valence electrons. The molecule has 0 spiro atoms. The summed E-state index contributed by atoms with van der Waals surface area (Å²) in [5.41, 5.74) is 0. The first-order valence-electron chi connectivity index (χ1n) is 2.74. The molecule has 0 atom stereocenters. The molecule has 1 aromatic rings. The van der Waals surface area contributed by atoms with Crippen molar-refractivity contribution in [3.63, 3.8) is 0 Å². The zero-order chi connectivity index (χ0) is 7.56. The minimum atomic E-state index is -0.00139. The molecule has 0 amide bonds. The molecule has 0 aliphatic rings. The molecule has 1 rings (SSSR count). The first-order chi connectivity index (χ1) is 4.75. The number of aliphatic hydroxyl groups excluding tert-OH is 1. The van der Waals surface area contributed by atoms with E-state index in [-0.39, 0.29) is 12.5 Å².